The first kappa shape index (κ1) is 13.4. The first-order valence-corrected chi connectivity index (χ1v) is 5.64. The van der Waals surface area contributed by atoms with Crippen molar-refractivity contribution in [1.82, 2.24) is 15.1 Å². The van der Waals surface area contributed by atoms with E-state index in [9.17, 15) is 4.79 Å². The van der Waals surface area contributed by atoms with Gasteiger partial charge in [-0.3, -0.25) is 4.68 Å². The van der Waals surface area contributed by atoms with Crippen molar-refractivity contribution in [2.24, 2.45) is 7.05 Å². The Morgan fingerprint density at radius 1 is 1.65 bits per heavy atom. The molecule has 1 aromatic rings. The van der Waals surface area contributed by atoms with Crippen molar-refractivity contribution in [3.05, 3.63) is 29.6 Å². The quantitative estimate of drug-likeness (QED) is 0.456. The number of esters is 1. The van der Waals surface area contributed by atoms with Gasteiger partial charge in [0.2, 0.25) is 0 Å². The summed E-state index contributed by atoms with van der Waals surface area (Å²) in [4.78, 5) is 11.3. The third-order valence-corrected chi connectivity index (χ3v) is 2.40. The minimum absolute atomic E-state index is 0.257. The van der Waals surface area contributed by atoms with E-state index in [0.717, 1.165) is 5.69 Å². The summed E-state index contributed by atoms with van der Waals surface area (Å²) in [5, 5.41) is 7.44. The Hall–Kier alpha value is -1.62. The SMILES string of the molecule is CC/C(=C/CNCc1ccn(C)n1)C(=O)OC. The highest BCUT2D eigenvalue weighted by atomic mass is 16.5. The second-order valence-corrected chi connectivity index (χ2v) is 3.69. The smallest absolute Gasteiger partial charge is 0.333 e. The molecule has 0 spiro atoms. The number of carbonyl (C=O) groups excluding carboxylic acids is 1. The van der Waals surface area contributed by atoms with E-state index in [0.29, 0.717) is 25.1 Å². The van der Waals surface area contributed by atoms with E-state index >= 15 is 0 Å². The zero-order valence-corrected chi connectivity index (χ0v) is 10.6. The number of aromatic nitrogens is 2. The summed E-state index contributed by atoms with van der Waals surface area (Å²) in [6, 6.07) is 1.96. The topological polar surface area (TPSA) is 56.2 Å². The van der Waals surface area contributed by atoms with Gasteiger partial charge in [0, 0.05) is 31.9 Å². The van der Waals surface area contributed by atoms with Gasteiger partial charge < -0.3 is 10.1 Å². The average Bonchev–Trinajstić information content (AvgIpc) is 2.74. The predicted molar refractivity (Wildman–Crippen MR) is 65.3 cm³/mol. The van der Waals surface area contributed by atoms with E-state index in [1.807, 2.05) is 32.3 Å². The van der Waals surface area contributed by atoms with E-state index in [-0.39, 0.29) is 5.97 Å². The van der Waals surface area contributed by atoms with E-state index in [1.54, 1.807) is 4.68 Å². The number of hydrogen-bond donors (Lipinski definition) is 1. The molecule has 0 aliphatic carbocycles. The average molecular weight is 237 g/mol. The van der Waals surface area contributed by atoms with Crippen molar-refractivity contribution in [2.45, 2.75) is 19.9 Å². The third kappa shape index (κ3) is 4.40. The maximum atomic E-state index is 11.3. The van der Waals surface area contributed by atoms with Crippen molar-refractivity contribution in [3.63, 3.8) is 0 Å². The molecule has 0 aliphatic heterocycles. The van der Waals surface area contributed by atoms with Gasteiger partial charge in [-0.05, 0) is 12.5 Å². The number of nitrogens with zero attached hydrogens (tertiary/aromatic N) is 2. The van der Waals surface area contributed by atoms with Crippen LogP contribution in [0.15, 0.2) is 23.9 Å². The number of methoxy groups -OCH3 is 1. The number of ether oxygens (including phenoxy) is 1. The molecule has 0 saturated carbocycles. The van der Waals surface area contributed by atoms with Gasteiger partial charge in [0.15, 0.2) is 0 Å². The summed E-state index contributed by atoms with van der Waals surface area (Å²) in [5.41, 5.74) is 1.68. The van der Waals surface area contributed by atoms with Gasteiger partial charge in [-0.25, -0.2) is 4.79 Å². The lowest BCUT2D eigenvalue weighted by atomic mass is 10.2. The van der Waals surface area contributed by atoms with Crippen molar-refractivity contribution in [3.8, 4) is 0 Å². The Morgan fingerprint density at radius 3 is 2.94 bits per heavy atom. The molecule has 5 heteroatoms. The molecule has 0 unspecified atom stereocenters. The molecule has 0 bridgehead atoms. The number of carbonyl (C=O) groups is 1. The van der Waals surface area contributed by atoms with Crippen LogP contribution in [0.3, 0.4) is 0 Å². The summed E-state index contributed by atoms with van der Waals surface area (Å²) >= 11 is 0. The van der Waals surface area contributed by atoms with Crippen molar-refractivity contribution in [1.29, 1.82) is 0 Å². The summed E-state index contributed by atoms with van der Waals surface area (Å²) in [5.74, 6) is -0.257. The van der Waals surface area contributed by atoms with Crippen LogP contribution in [0.5, 0.6) is 0 Å². The Labute approximate surface area is 101 Å². The highest BCUT2D eigenvalue weighted by molar-refractivity contribution is 5.88. The molecule has 0 aromatic carbocycles. The van der Waals surface area contributed by atoms with Crippen LogP contribution >= 0.6 is 0 Å². The van der Waals surface area contributed by atoms with Crippen LogP contribution < -0.4 is 5.32 Å². The van der Waals surface area contributed by atoms with Crippen LogP contribution in [0.25, 0.3) is 0 Å². The molecular weight excluding hydrogens is 218 g/mol. The van der Waals surface area contributed by atoms with Gasteiger partial charge in [0.1, 0.15) is 0 Å². The number of nitrogens with one attached hydrogen (secondary N) is 1. The molecule has 1 N–H and O–H groups in total. The van der Waals surface area contributed by atoms with Crippen LogP contribution in [0.1, 0.15) is 19.0 Å². The zero-order valence-electron chi connectivity index (χ0n) is 10.6. The fourth-order valence-electron chi connectivity index (χ4n) is 1.46. The van der Waals surface area contributed by atoms with Gasteiger partial charge in [0.25, 0.3) is 0 Å². The van der Waals surface area contributed by atoms with Crippen molar-refractivity contribution >= 4 is 5.97 Å². The molecule has 1 heterocycles. The minimum atomic E-state index is -0.257. The Balaban J connectivity index is 2.35. The molecule has 0 radical (unpaired) electrons. The highest BCUT2D eigenvalue weighted by Gasteiger charge is 2.05. The number of aryl methyl sites for hydroxylation is 1. The molecule has 5 nitrogen and oxygen atoms in total. The standard InChI is InChI=1S/C12H19N3O2/c1-4-10(12(16)17-3)5-7-13-9-11-6-8-15(2)14-11/h5-6,8,13H,4,7,9H2,1-3H3/b10-5-. The van der Waals surface area contributed by atoms with Gasteiger partial charge in [-0.15, -0.1) is 0 Å². The van der Waals surface area contributed by atoms with Crippen LogP contribution in [0.2, 0.25) is 0 Å². The molecular formula is C12H19N3O2. The third-order valence-electron chi connectivity index (χ3n) is 2.40. The summed E-state index contributed by atoms with van der Waals surface area (Å²) < 4.78 is 6.43. The van der Waals surface area contributed by atoms with Gasteiger partial charge in [-0.1, -0.05) is 13.0 Å². The Morgan fingerprint density at radius 2 is 2.41 bits per heavy atom. The van der Waals surface area contributed by atoms with Gasteiger partial charge >= 0.3 is 5.97 Å². The maximum absolute atomic E-state index is 11.3. The summed E-state index contributed by atoms with van der Waals surface area (Å²) in [6.07, 6.45) is 4.44. The van der Waals surface area contributed by atoms with Gasteiger partial charge in [0.05, 0.1) is 12.8 Å². The largest absolute Gasteiger partial charge is 0.466 e. The predicted octanol–water partition coefficient (Wildman–Crippen LogP) is 1.02. The molecule has 0 saturated heterocycles. The minimum Gasteiger partial charge on any atom is -0.466 e. The lowest BCUT2D eigenvalue weighted by Gasteiger charge is -2.03. The summed E-state index contributed by atoms with van der Waals surface area (Å²) in [7, 11) is 3.28. The number of rotatable bonds is 6. The zero-order chi connectivity index (χ0) is 12.7. The molecule has 0 fully saturated rings. The van der Waals surface area contributed by atoms with E-state index in [1.165, 1.54) is 7.11 Å². The van der Waals surface area contributed by atoms with Crippen molar-refractivity contribution < 1.29 is 9.53 Å². The molecule has 0 amide bonds. The van der Waals surface area contributed by atoms with Crippen LogP contribution in [0, 0.1) is 0 Å². The molecule has 0 aliphatic rings. The fourth-order valence-corrected chi connectivity index (χ4v) is 1.46. The molecule has 1 aromatic heterocycles. The van der Waals surface area contributed by atoms with E-state index in [2.05, 4.69) is 15.2 Å². The summed E-state index contributed by atoms with van der Waals surface area (Å²) in [6.45, 7) is 3.26. The van der Waals surface area contributed by atoms with Crippen molar-refractivity contribution in [2.75, 3.05) is 13.7 Å². The molecule has 94 valence electrons. The Bertz CT molecular complexity index is 396. The number of hydrogen-bond acceptors (Lipinski definition) is 4. The highest BCUT2D eigenvalue weighted by Crippen LogP contribution is 2.02. The monoisotopic (exact) mass is 237 g/mol. The Kier molecular flexibility index (Phi) is 5.42. The molecule has 1 rings (SSSR count). The second-order valence-electron chi connectivity index (χ2n) is 3.69. The lowest BCUT2D eigenvalue weighted by molar-refractivity contribution is -0.136. The van der Waals surface area contributed by atoms with E-state index in [4.69, 9.17) is 0 Å². The van der Waals surface area contributed by atoms with Gasteiger partial charge in [-0.2, -0.15) is 5.10 Å². The molecule has 17 heavy (non-hydrogen) atoms. The fraction of sp³-hybridized carbons (Fsp3) is 0.500. The first-order valence-electron chi connectivity index (χ1n) is 5.64. The maximum Gasteiger partial charge on any atom is 0.333 e. The first-order chi connectivity index (χ1) is 8.17. The van der Waals surface area contributed by atoms with Crippen LogP contribution in [0.4, 0.5) is 0 Å². The second kappa shape index (κ2) is 6.85. The molecule has 0 atom stereocenters. The van der Waals surface area contributed by atoms with E-state index < -0.39 is 0 Å². The van der Waals surface area contributed by atoms with Crippen LogP contribution in [-0.2, 0) is 23.1 Å². The lowest BCUT2D eigenvalue weighted by Crippen LogP contribution is -2.15. The normalized spacial score (nSPS) is 11.6. The van der Waals surface area contributed by atoms with Crippen LogP contribution in [-0.4, -0.2) is 29.4 Å².